The zero-order chi connectivity index (χ0) is 13.0. The summed E-state index contributed by atoms with van der Waals surface area (Å²) in [4.78, 5) is 14.6. The number of amides is 1. The Morgan fingerprint density at radius 2 is 2.18 bits per heavy atom. The number of nitrogens with zero attached hydrogens (tertiary/aromatic N) is 1. The first-order valence-corrected chi connectivity index (χ1v) is 5.38. The summed E-state index contributed by atoms with van der Waals surface area (Å²) in [5.41, 5.74) is 0. The van der Waals surface area contributed by atoms with E-state index in [1.807, 2.05) is 0 Å². The van der Waals surface area contributed by atoms with Crippen molar-refractivity contribution in [3.05, 3.63) is 0 Å². The second kappa shape index (κ2) is 6.15. The van der Waals surface area contributed by atoms with Gasteiger partial charge in [0.2, 0.25) is 5.91 Å². The highest BCUT2D eigenvalue weighted by Gasteiger charge is 2.44. The number of ether oxygens (including phenoxy) is 1. The average Bonchev–Trinajstić information content (AvgIpc) is 2.28. The fraction of sp³-hybridized carbons (Fsp3) is 0.778. The van der Waals surface area contributed by atoms with Crippen LogP contribution in [0, 0.1) is 0 Å². The monoisotopic (exact) mass is 262 g/mol. The van der Waals surface area contributed by atoms with Crippen LogP contribution in [0.3, 0.4) is 0 Å². The van der Waals surface area contributed by atoms with Crippen LogP contribution in [0.15, 0.2) is 4.99 Å². The van der Waals surface area contributed by atoms with Gasteiger partial charge in [0.25, 0.3) is 0 Å². The molecule has 5 atom stereocenters. The van der Waals surface area contributed by atoms with Gasteiger partial charge in [-0.05, 0) is 12.2 Å². The highest BCUT2D eigenvalue weighted by atomic mass is 32.1. The molecule has 1 rings (SSSR count). The predicted octanol–water partition coefficient (Wildman–Crippen LogP) is -1.97. The molecule has 0 radical (unpaired) electrons. The van der Waals surface area contributed by atoms with Crippen LogP contribution in [0.25, 0.3) is 0 Å². The molecule has 1 saturated heterocycles. The summed E-state index contributed by atoms with van der Waals surface area (Å²) in [6.45, 7) is 0.782. The molecule has 0 unspecified atom stereocenters. The van der Waals surface area contributed by atoms with Crippen LogP contribution in [0.1, 0.15) is 6.92 Å². The highest BCUT2D eigenvalue weighted by molar-refractivity contribution is 7.78. The Morgan fingerprint density at radius 3 is 2.65 bits per heavy atom. The van der Waals surface area contributed by atoms with Gasteiger partial charge in [-0.25, -0.2) is 0 Å². The van der Waals surface area contributed by atoms with Gasteiger partial charge >= 0.3 is 0 Å². The maximum Gasteiger partial charge on any atom is 0.217 e. The largest absolute Gasteiger partial charge is 0.394 e. The lowest BCUT2D eigenvalue weighted by Crippen LogP contribution is -2.63. The number of aliphatic hydroxyl groups excluding tert-OH is 3. The van der Waals surface area contributed by atoms with E-state index in [0.717, 1.165) is 0 Å². The van der Waals surface area contributed by atoms with Crippen molar-refractivity contribution in [1.29, 1.82) is 0 Å². The molecule has 0 aromatic heterocycles. The molecule has 0 aromatic rings. The van der Waals surface area contributed by atoms with E-state index in [9.17, 15) is 15.0 Å². The molecule has 1 heterocycles. The van der Waals surface area contributed by atoms with E-state index in [4.69, 9.17) is 9.84 Å². The molecule has 1 fully saturated rings. The molecule has 0 spiro atoms. The number of aliphatic imine (C=N–C) groups is 1. The number of rotatable bonds is 3. The molecule has 0 bridgehead atoms. The number of isothiocyanates is 1. The molecule has 1 aliphatic rings. The van der Waals surface area contributed by atoms with E-state index < -0.39 is 43.1 Å². The first-order valence-electron chi connectivity index (χ1n) is 4.97. The molecule has 17 heavy (non-hydrogen) atoms. The Balaban J connectivity index is 2.90. The van der Waals surface area contributed by atoms with Gasteiger partial charge in [-0.15, -0.1) is 0 Å². The molecular weight excluding hydrogens is 248 g/mol. The summed E-state index contributed by atoms with van der Waals surface area (Å²) in [5, 5.41) is 32.9. The third-order valence-electron chi connectivity index (χ3n) is 2.45. The van der Waals surface area contributed by atoms with Crippen LogP contribution in [0.5, 0.6) is 0 Å². The van der Waals surface area contributed by atoms with Crippen LogP contribution in [0.4, 0.5) is 0 Å². The third kappa shape index (κ3) is 3.29. The van der Waals surface area contributed by atoms with Crippen molar-refractivity contribution < 1.29 is 24.9 Å². The summed E-state index contributed by atoms with van der Waals surface area (Å²) >= 11 is 4.43. The number of hydrogen-bond acceptors (Lipinski definition) is 7. The third-order valence-corrected chi connectivity index (χ3v) is 2.56. The number of hydrogen-bond donors (Lipinski definition) is 4. The number of carbonyl (C=O) groups is 1. The second-order valence-electron chi connectivity index (χ2n) is 3.68. The summed E-state index contributed by atoms with van der Waals surface area (Å²) in [6, 6.07) is -0.930. The SMILES string of the molecule is CC(=O)N[C@@H]1[C@H](O)[C@H](O)[C@H](CO)O[C@@H]1N=C=S. The van der Waals surface area contributed by atoms with E-state index in [-0.39, 0.29) is 0 Å². The van der Waals surface area contributed by atoms with Gasteiger partial charge in [0, 0.05) is 6.92 Å². The number of nitrogens with one attached hydrogen (secondary N) is 1. The Hall–Kier alpha value is -0.890. The molecule has 0 aromatic carbocycles. The minimum absolute atomic E-state index is 0.406. The fourth-order valence-electron chi connectivity index (χ4n) is 1.65. The van der Waals surface area contributed by atoms with Gasteiger partial charge < -0.3 is 25.4 Å². The smallest absolute Gasteiger partial charge is 0.217 e. The maximum atomic E-state index is 11.0. The molecule has 1 amide bonds. The van der Waals surface area contributed by atoms with Crippen molar-refractivity contribution in [1.82, 2.24) is 5.32 Å². The van der Waals surface area contributed by atoms with Crippen molar-refractivity contribution >= 4 is 23.3 Å². The minimum atomic E-state index is -1.31. The number of thiocarbonyl (C=S) groups is 1. The first kappa shape index (κ1) is 14.2. The summed E-state index contributed by atoms with van der Waals surface area (Å²) < 4.78 is 5.20. The first-order chi connectivity index (χ1) is 8.01. The second-order valence-corrected chi connectivity index (χ2v) is 3.86. The summed E-state index contributed by atoms with van der Waals surface area (Å²) in [5.74, 6) is -0.406. The topological polar surface area (TPSA) is 111 Å². The number of aliphatic hydroxyl groups is 3. The fourth-order valence-corrected chi connectivity index (χ4v) is 1.75. The van der Waals surface area contributed by atoms with Gasteiger partial charge in [-0.3, -0.25) is 4.79 Å². The van der Waals surface area contributed by atoms with Gasteiger partial charge in [0.1, 0.15) is 24.4 Å². The van der Waals surface area contributed by atoms with Crippen LogP contribution in [-0.2, 0) is 9.53 Å². The van der Waals surface area contributed by atoms with E-state index >= 15 is 0 Å². The van der Waals surface area contributed by atoms with E-state index in [1.165, 1.54) is 6.92 Å². The molecule has 0 saturated carbocycles. The predicted molar refractivity (Wildman–Crippen MR) is 60.4 cm³/mol. The lowest BCUT2D eigenvalue weighted by Gasteiger charge is -2.40. The normalized spacial score (nSPS) is 37.1. The molecule has 96 valence electrons. The van der Waals surface area contributed by atoms with Crippen molar-refractivity contribution in [2.45, 2.75) is 37.5 Å². The van der Waals surface area contributed by atoms with Crippen LogP contribution >= 0.6 is 12.2 Å². The Kier molecular flexibility index (Phi) is 5.13. The minimum Gasteiger partial charge on any atom is -0.394 e. The van der Waals surface area contributed by atoms with Crippen LogP contribution < -0.4 is 5.32 Å². The highest BCUT2D eigenvalue weighted by Crippen LogP contribution is 2.21. The van der Waals surface area contributed by atoms with Crippen molar-refractivity contribution in [2.75, 3.05) is 6.61 Å². The lowest BCUT2D eigenvalue weighted by atomic mass is 9.96. The number of carbonyl (C=O) groups excluding carboxylic acids is 1. The van der Waals surface area contributed by atoms with Gasteiger partial charge in [0.15, 0.2) is 6.23 Å². The zero-order valence-corrected chi connectivity index (χ0v) is 9.92. The molecule has 7 nitrogen and oxygen atoms in total. The van der Waals surface area contributed by atoms with Crippen molar-refractivity contribution in [3.8, 4) is 0 Å². The summed E-state index contributed by atoms with van der Waals surface area (Å²) in [7, 11) is 0. The zero-order valence-electron chi connectivity index (χ0n) is 9.11. The Morgan fingerprint density at radius 1 is 1.53 bits per heavy atom. The lowest BCUT2D eigenvalue weighted by molar-refractivity contribution is -0.192. The molecular formula is C9H14N2O5S. The van der Waals surface area contributed by atoms with Crippen molar-refractivity contribution in [2.24, 2.45) is 4.99 Å². The van der Waals surface area contributed by atoms with Gasteiger partial charge in [-0.1, -0.05) is 0 Å². The molecule has 1 aliphatic heterocycles. The van der Waals surface area contributed by atoms with Gasteiger partial charge in [-0.2, -0.15) is 4.99 Å². The molecule has 8 heteroatoms. The van der Waals surface area contributed by atoms with Gasteiger partial charge in [0.05, 0.1) is 11.8 Å². The Bertz CT molecular complexity index is 333. The van der Waals surface area contributed by atoms with Crippen LogP contribution in [0.2, 0.25) is 0 Å². The maximum absolute atomic E-state index is 11.0. The molecule has 0 aliphatic carbocycles. The standard InChI is InChI=1S/C9H14N2O5S/c1-4(13)11-6-8(15)7(14)5(2-12)16-9(6)10-3-17/h5-9,12,14-15H,2H2,1H3,(H,11,13)/t5-,6+,7+,8-,9-/m0/s1. The average molecular weight is 262 g/mol. The quantitative estimate of drug-likeness (QED) is 0.347. The molecule has 4 N–H and O–H groups in total. The van der Waals surface area contributed by atoms with Crippen molar-refractivity contribution in [3.63, 3.8) is 0 Å². The van der Waals surface area contributed by atoms with E-state index in [2.05, 4.69) is 27.7 Å². The van der Waals surface area contributed by atoms with E-state index in [0.29, 0.717) is 0 Å². The summed E-state index contributed by atoms with van der Waals surface area (Å²) in [6.07, 6.45) is -4.57. The van der Waals surface area contributed by atoms with Crippen LogP contribution in [-0.4, -0.2) is 63.6 Å². The Labute approximate surface area is 103 Å². The van der Waals surface area contributed by atoms with E-state index in [1.54, 1.807) is 0 Å².